The molecule has 2 atom stereocenters. The smallest absolute Gasteiger partial charge is 0.270 e. The van der Waals surface area contributed by atoms with Crippen molar-refractivity contribution in [3.8, 4) is 5.75 Å². The molecule has 26 heavy (non-hydrogen) atoms. The van der Waals surface area contributed by atoms with E-state index in [9.17, 15) is 4.79 Å². The molecule has 2 aromatic rings. The molecule has 2 saturated heterocycles. The zero-order valence-electron chi connectivity index (χ0n) is 15.8. The Labute approximate surface area is 155 Å². The van der Waals surface area contributed by atoms with Crippen LogP contribution in [0.1, 0.15) is 42.6 Å². The SMILES string of the molecule is COc1ccc2cc(C(=O)N(C)C[C@@H]3CCCN4CCCC[C@H]34)[nH]c2c1. The zero-order chi connectivity index (χ0) is 18.1. The van der Waals surface area contributed by atoms with Gasteiger partial charge in [0.1, 0.15) is 11.4 Å². The van der Waals surface area contributed by atoms with Crippen molar-refractivity contribution < 1.29 is 9.53 Å². The minimum Gasteiger partial charge on any atom is -0.497 e. The van der Waals surface area contributed by atoms with E-state index in [1.807, 2.05) is 36.2 Å². The molecular formula is C21H29N3O2. The number of ether oxygens (including phenoxy) is 1. The van der Waals surface area contributed by atoms with Crippen LogP contribution in [0.4, 0.5) is 0 Å². The van der Waals surface area contributed by atoms with E-state index in [1.54, 1.807) is 7.11 Å². The lowest BCUT2D eigenvalue weighted by molar-refractivity contribution is 0.0401. The summed E-state index contributed by atoms with van der Waals surface area (Å²) in [5, 5.41) is 1.04. The van der Waals surface area contributed by atoms with Gasteiger partial charge in [0.05, 0.1) is 7.11 Å². The lowest BCUT2D eigenvalue weighted by atomic mass is 9.83. The number of amides is 1. The highest BCUT2D eigenvalue weighted by atomic mass is 16.5. The zero-order valence-corrected chi connectivity index (χ0v) is 15.8. The predicted octanol–water partition coefficient (Wildman–Crippen LogP) is 3.51. The average molecular weight is 355 g/mol. The fourth-order valence-electron chi connectivity index (χ4n) is 4.78. The number of piperidine rings is 2. The maximum absolute atomic E-state index is 13.0. The first-order chi connectivity index (χ1) is 12.7. The molecule has 3 heterocycles. The monoisotopic (exact) mass is 355 g/mol. The third-order valence-corrected chi connectivity index (χ3v) is 6.14. The normalized spacial score (nSPS) is 23.6. The summed E-state index contributed by atoms with van der Waals surface area (Å²) in [6, 6.07) is 8.46. The molecule has 0 radical (unpaired) electrons. The third kappa shape index (κ3) is 3.32. The van der Waals surface area contributed by atoms with Crippen LogP contribution in [0, 0.1) is 5.92 Å². The summed E-state index contributed by atoms with van der Waals surface area (Å²) in [5.74, 6) is 1.47. The van der Waals surface area contributed by atoms with E-state index in [2.05, 4.69) is 9.88 Å². The summed E-state index contributed by atoms with van der Waals surface area (Å²) < 4.78 is 5.27. The summed E-state index contributed by atoms with van der Waals surface area (Å²) in [5.41, 5.74) is 1.60. The van der Waals surface area contributed by atoms with Crippen molar-refractivity contribution in [2.75, 3.05) is 33.8 Å². The number of aromatic nitrogens is 1. The van der Waals surface area contributed by atoms with Gasteiger partial charge in [-0.15, -0.1) is 0 Å². The first kappa shape index (κ1) is 17.4. The number of nitrogens with one attached hydrogen (secondary N) is 1. The van der Waals surface area contributed by atoms with Crippen LogP contribution >= 0.6 is 0 Å². The number of fused-ring (bicyclic) bond motifs is 2. The van der Waals surface area contributed by atoms with Gasteiger partial charge in [0.2, 0.25) is 0 Å². The number of carbonyl (C=O) groups is 1. The van der Waals surface area contributed by atoms with Crippen LogP contribution in [0.25, 0.3) is 10.9 Å². The van der Waals surface area contributed by atoms with E-state index >= 15 is 0 Å². The molecule has 2 fully saturated rings. The molecule has 2 aliphatic heterocycles. The number of methoxy groups -OCH3 is 1. The predicted molar refractivity (Wildman–Crippen MR) is 104 cm³/mol. The van der Waals surface area contributed by atoms with Gasteiger partial charge in [-0.1, -0.05) is 6.42 Å². The third-order valence-electron chi connectivity index (χ3n) is 6.14. The standard InChI is InChI=1S/C21H29N3O2/c1-23(14-16-6-5-11-24-10-4-3-7-20(16)24)21(25)19-12-15-8-9-17(26-2)13-18(15)22-19/h8-9,12-13,16,20,22H,3-7,10-11,14H2,1-2H3/t16-,20+/m0/s1. The molecule has 1 aromatic heterocycles. The number of benzene rings is 1. The number of H-pyrrole nitrogens is 1. The van der Waals surface area contributed by atoms with E-state index in [1.165, 1.54) is 45.2 Å². The molecule has 1 amide bonds. The van der Waals surface area contributed by atoms with Gasteiger partial charge in [0.25, 0.3) is 5.91 Å². The summed E-state index contributed by atoms with van der Waals surface area (Å²) in [7, 11) is 3.60. The highest BCUT2D eigenvalue weighted by Gasteiger charge is 2.34. The minimum absolute atomic E-state index is 0.0769. The summed E-state index contributed by atoms with van der Waals surface area (Å²) in [6.45, 7) is 3.32. The van der Waals surface area contributed by atoms with Gasteiger partial charge < -0.3 is 19.5 Å². The average Bonchev–Trinajstić information content (AvgIpc) is 3.10. The van der Waals surface area contributed by atoms with E-state index in [0.717, 1.165) is 23.2 Å². The Balaban J connectivity index is 1.47. The highest BCUT2D eigenvalue weighted by Crippen LogP contribution is 2.31. The van der Waals surface area contributed by atoms with Crippen LogP contribution in [-0.4, -0.2) is 60.5 Å². The Kier molecular flexibility index (Phi) is 4.90. The fourth-order valence-corrected chi connectivity index (χ4v) is 4.78. The first-order valence-electron chi connectivity index (χ1n) is 9.82. The molecule has 140 valence electrons. The maximum Gasteiger partial charge on any atom is 0.270 e. The second-order valence-corrected chi connectivity index (χ2v) is 7.82. The van der Waals surface area contributed by atoms with Gasteiger partial charge >= 0.3 is 0 Å². The second kappa shape index (κ2) is 7.31. The number of rotatable bonds is 4. The van der Waals surface area contributed by atoms with Crippen molar-refractivity contribution in [2.24, 2.45) is 5.92 Å². The van der Waals surface area contributed by atoms with E-state index in [-0.39, 0.29) is 5.91 Å². The molecule has 0 bridgehead atoms. The van der Waals surface area contributed by atoms with Crippen LogP contribution in [0.2, 0.25) is 0 Å². The number of nitrogens with zero attached hydrogens (tertiary/aromatic N) is 2. The molecule has 0 saturated carbocycles. The molecule has 1 aromatic carbocycles. The minimum atomic E-state index is 0.0769. The van der Waals surface area contributed by atoms with E-state index < -0.39 is 0 Å². The number of aromatic amines is 1. The van der Waals surface area contributed by atoms with Crippen molar-refractivity contribution in [1.29, 1.82) is 0 Å². The Bertz CT molecular complexity index is 783. The van der Waals surface area contributed by atoms with Crippen LogP contribution in [-0.2, 0) is 0 Å². The van der Waals surface area contributed by atoms with Gasteiger partial charge in [-0.2, -0.15) is 0 Å². The van der Waals surface area contributed by atoms with Gasteiger partial charge in [-0.05, 0) is 62.9 Å². The quantitative estimate of drug-likeness (QED) is 0.913. The fraction of sp³-hybridized carbons (Fsp3) is 0.571. The second-order valence-electron chi connectivity index (χ2n) is 7.82. The van der Waals surface area contributed by atoms with Gasteiger partial charge in [0, 0.05) is 36.6 Å². The Hall–Kier alpha value is -2.01. The van der Waals surface area contributed by atoms with Crippen LogP contribution in [0.3, 0.4) is 0 Å². The number of hydrogen-bond acceptors (Lipinski definition) is 3. The van der Waals surface area contributed by atoms with Crippen molar-refractivity contribution in [3.05, 3.63) is 30.0 Å². The largest absolute Gasteiger partial charge is 0.497 e. The number of hydrogen-bond donors (Lipinski definition) is 1. The van der Waals surface area contributed by atoms with Crippen LogP contribution in [0.5, 0.6) is 5.75 Å². The van der Waals surface area contributed by atoms with E-state index in [0.29, 0.717) is 17.7 Å². The van der Waals surface area contributed by atoms with Crippen molar-refractivity contribution in [3.63, 3.8) is 0 Å². The highest BCUT2D eigenvalue weighted by molar-refractivity contribution is 5.98. The van der Waals surface area contributed by atoms with Crippen LogP contribution < -0.4 is 4.74 Å². The molecular weight excluding hydrogens is 326 g/mol. The maximum atomic E-state index is 13.0. The topological polar surface area (TPSA) is 48.6 Å². The molecule has 4 rings (SSSR count). The van der Waals surface area contributed by atoms with Crippen molar-refractivity contribution in [2.45, 2.75) is 38.1 Å². The lowest BCUT2D eigenvalue weighted by Gasteiger charge is -2.45. The molecule has 5 heteroatoms. The Morgan fingerprint density at radius 1 is 1.23 bits per heavy atom. The first-order valence-corrected chi connectivity index (χ1v) is 9.82. The summed E-state index contributed by atoms with van der Waals surface area (Å²) >= 11 is 0. The summed E-state index contributed by atoms with van der Waals surface area (Å²) in [6.07, 6.45) is 6.45. The van der Waals surface area contributed by atoms with Gasteiger partial charge in [0.15, 0.2) is 0 Å². The van der Waals surface area contributed by atoms with Crippen LogP contribution in [0.15, 0.2) is 24.3 Å². The summed E-state index contributed by atoms with van der Waals surface area (Å²) in [4.78, 5) is 20.8. The van der Waals surface area contributed by atoms with Gasteiger partial charge in [-0.25, -0.2) is 0 Å². The Morgan fingerprint density at radius 3 is 2.92 bits per heavy atom. The van der Waals surface area contributed by atoms with Crippen molar-refractivity contribution >= 4 is 16.8 Å². The van der Waals surface area contributed by atoms with Crippen molar-refractivity contribution in [1.82, 2.24) is 14.8 Å². The lowest BCUT2D eigenvalue weighted by Crippen LogP contribution is -2.51. The molecule has 0 aliphatic carbocycles. The van der Waals surface area contributed by atoms with Gasteiger partial charge in [-0.3, -0.25) is 4.79 Å². The molecule has 5 nitrogen and oxygen atoms in total. The molecule has 1 N–H and O–H groups in total. The van der Waals surface area contributed by atoms with E-state index in [4.69, 9.17) is 4.74 Å². The molecule has 2 aliphatic rings. The number of carbonyl (C=O) groups excluding carboxylic acids is 1. The molecule has 0 unspecified atom stereocenters. The Morgan fingerprint density at radius 2 is 2.08 bits per heavy atom. The molecule has 0 spiro atoms.